The van der Waals surface area contributed by atoms with Crippen molar-refractivity contribution in [3.8, 4) is 0 Å². The highest BCUT2D eigenvalue weighted by Crippen LogP contribution is 2.23. The number of para-hydroxylation sites is 1. The number of carbonyl (C=O) groups is 1. The van der Waals surface area contributed by atoms with E-state index in [-0.39, 0.29) is 11.9 Å². The highest BCUT2D eigenvalue weighted by molar-refractivity contribution is 7.10. The third-order valence-electron chi connectivity index (χ3n) is 4.28. The molecule has 3 nitrogen and oxygen atoms in total. The van der Waals surface area contributed by atoms with E-state index in [1.807, 2.05) is 18.2 Å². The first kappa shape index (κ1) is 18.6. The summed E-state index contributed by atoms with van der Waals surface area (Å²) in [6.07, 6.45) is 1.02. The summed E-state index contributed by atoms with van der Waals surface area (Å²) in [7, 11) is 0. The highest BCUT2D eigenvalue weighted by atomic mass is 35.5. The lowest BCUT2D eigenvalue weighted by Crippen LogP contribution is -2.87. The molecule has 1 amide bonds. The fourth-order valence-corrected chi connectivity index (χ4v) is 3.87. The van der Waals surface area contributed by atoms with Gasteiger partial charge < -0.3 is 10.6 Å². The average molecular weight is 386 g/mol. The van der Waals surface area contributed by atoms with Crippen LogP contribution in [0.25, 0.3) is 0 Å². The van der Waals surface area contributed by atoms with E-state index in [0.717, 1.165) is 6.42 Å². The Hall–Kier alpha value is -2.14. The van der Waals surface area contributed by atoms with Crippen molar-refractivity contribution in [2.24, 2.45) is 0 Å². The molecule has 0 spiro atoms. The molecular formula is C21H22ClN2OS+. The number of thiophene rings is 1. The second-order valence-electron chi connectivity index (χ2n) is 6.06. The summed E-state index contributed by atoms with van der Waals surface area (Å²) >= 11 is 7.82. The Morgan fingerprint density at radius 3 is 2.54 bits per heavy atom. The number of hydrogen-bond acceptors (Lipinski definition) is 2. The monoisotopic (exact) mass is 385 g/mol. The Morgan fingerprint density at radius 1 is 1.12 bits per heavy atom. The van der Waals surface area contributed by atoms with Crippen molar-refractivity contribution in [3.05, 3.63) is 87.1 Å². The zero-order valence-corrected chi connectivity index (χ0v) is 16.2. The number of hydrogen-bond donors (Lipinski definition) is 2. The van der Waals surface area contributed by atoms with Crippen molar-refractivity contribution in [1.82, 2.24) is 0 Å². The molecular weight excluding hydrogens is 364 g/mol. The normalized spacial score (nSPS) is 11.9. The number of quaternary nitrogens is 1. The minimum Gasteiger partial charge on any atom is -0.328 e. The minimum atomic E-state index is -0.0650. The molecule has 0 saturated heterocycles. The topological polar surface area (TPSA) is 45.7 Å². The number of anilines is 1. The predicted molar refractivity (Wildman–Crippen MR) is 109 cm³/mol. The standard InChI is InChI=1S/C21H21ClN2OS/c1-2-15-9-11-16(12-10-15)21(19-8-5-13-26-19)23-14-20(25)24-18-7-4-3-6-17(18)22/h3-13,21,23H,2,14H2,1H3,(H,24,25)/p+1/t21-/m0/s1. The Bertz CT molecular complexity index is 847. The molecule has 3 aromatic rings. The van der Waals surface area contributed by atoms with Crippen molar-refractivity contribution in [2.75, 3.05) is 11.9 Å². The second kappa shape index (κ2) is 8.99. The molecule has 0 fully saturated rings. The molecule has 26 heavy (non-hydrogen) atoms. The van der Waals surface area contributed by atoms with Crippen LogP contribution in [-0.2, 0) is 11.2 Å². The van der Waals surface area contributed by atoms with Gasteiger partial charge in [0.15, 0.2) is 6.54 Å². The van der Waals surface area contributed by atoms with Gasteiger partial charge in [0.25, 0.3) is 5.91 Å². The van der Waals surface area contributed by atoms with Gasteiger partial charge in [-0.15, -0.1) is 11.3 Å². The Kier molecular flexibility index (Phi) is 6.45. The van der Waals surface area contributed by atoms with Gasteiger partial charge in [-0.2, -0.15) is 0 Å². The summed E-state index contributed by atoms with van der Waals surface area (Å²) in [5, 5.41) is 7.57. The molecule has 3 rings (SSSR count). The molecule has 0 bridgehead atoms. The molecule has 0 saturated carbocycles. The Balaban J connectivity index is 1.70. The first-order valence-corrected chi connectivity index (χ1v) is 9.93. The van der Waals surface area contributed by atoms with Gasteiger partial charge >= 0.3 is 0 Å². The van der Waals surface area contributed by atoms with Crippen LogP contribution < -0.4 is 10.6 Å². The van der Waals surface area contributed by atoms with E-state index in [1.54, 1.807) is 23.5 Å². The summed E-state index contributed by atoms with van der Waals surface area (Å²) in [5.74, 6) is -0.0650. The van der Waals surface area contributed by atoms with Crippen LogP contribution in [0.1, 0.15) is 29.0 Å². The summed E-state index contributed by atoms with van der Waals surface area (Å²) in [5.41, 5.74) is 3.16. The van der Waals surface area contributed by atoms with Crippen LogP contribution in [0.15, 0.2) is 66.0 Å². The first-order valence-electron chi connectivity index (χ1n) is 8.67. The van der Waals surface area contributed by atoms with Crippen LogP contribution in [0.2, 0.25) is 5.02 Å². The van der Waals surface area contributed by atoms with Crippen LogP contribution in [0.4, 0.5) is 5.69 Å². The molecule has 0 radical (unpaired) electrons. The number of halogens is 1. The number of nitrogens with two attached hydrogens (primary N) is 1. The van der Waals surface area contributed by atoms with E-state index in [0.29, 0.717) is 17.3 Å². The Labute approximate surface area is 163 Å². The highest BCUT2D eigenvalue weighted by Gasteiger charge is 2.20. The molecule has 2 aromatic carbocycles. The third-order valence-corrected chi connectivity index (χ3v) is 5.57. The van der Waals surface area contributed by atoms with Crippen molar-refractivity contribution in [3.63, 3.8) is 0 Å². The van der Waals surface area contributed by atoms with E-state index < -0.39 is 0 Å². The lowest BCUT2D eigenvalue weighted by Gasteiger charge is -2.15. The minimum absolute atomic E-state index is 0.0650. The fraction of sp³-hybridized carbons (Fsp3) is 0.190. The van der Waals surface area contributed by atoms with Gasteiger partial charge in [-0.1, -0.05) is 61.0 Å². The zero-order valence-electron chi connectivity index (χ0n) is 14.6. The molecule has 0 aliphatic rings. The average Bonchev–Trinajstić information content (AvgIpc) is 3.19. The maximum Gasteiger partial charge on any atom is 0.279 e. The van der Waals surface area contributed by atoms with Crippen molar-refractivity contribution in [1.29, 1.82) is 0 Å². The number of benzene rings is 2. The predicted octanol–water partition coefficient (Wildman–Crippen LogP) is 4.26. The van der Waals surface area contributed by atoms with Crippen LogP contribution in [-0.4, -0.2) is 12.5 Å². The van der Waals surface area contributed by atoms with Crippen molar-refractivity contribution in [2.45, 2.75) is 19.4 Å². The molecule has 1 heterocycles. The van der Waals surface area contributed by atoms with Crippen molar-refractivity contribution >= 4 is 34.5 Å². The van der Waals surface area contributed by atoms with Crippen LogP contribution in [0, 0.1) is 0 Å². The van der Waals surface area contributed by atoms with Gasteiger partial charge in [0.2, 0.25) is 0 Å². The molecule has 1 atom stereocenters. The smallest absolute Gasteiger partial charge is 0.279 e. The van der Waals surface area contributed by atoms with Crippen LogP contribution in [0.3, 0.4) is 0 Å². The first-order chi connectivity index (χ1) is 12.7. The van der Waals surface area contributed by atoms with Gasteiger partial charge in [0.1, 0.15) is 6.04 Å². The van der Waals surface area contributed by atoms with E-state index in [9.17, 15) is 4.79 Å². The van der Waals surface area contributed by atoms with E-state index in [4.69, 9.17) is 11.6 Å². The van der Waals surface area contributed by atoms with Crippen LogP contribution >= 0.6 is 22.9 Å². The number of amides is 1. The Morgan fingerprint density at radius 2 is 1.88 bits per heavy atom. The largest absolute Gasteiger partial charge is 0.328 e. The molecule has 3 N–H and O–H groups in total. The maximum absolute atomic E-state index is 12.4. The lowest BCUT2D eigenvalue weighted by molar-refractivity contribution is -0.675. The molecule has 1 aromatic heterocycles. The molecule has 5 heteroatoms. The maximum atomic E-state index is 12.4. The quantitative estimate of drug-likeness (QED) is 0.627. The number of rotatable bonds is 7. The second-order valence-corrected chi connectivity index (χ2v) is 7.44. The van der Waals surface area contributed by atoms with Crippen molar-refractivity contribution < 1.29 is 10.1 Å². The number of aryl methyl sites for hydroxylation is 1. The van der Waals surface area contributed by atoms with Gasteiger partial charge in [-0.25, -0.2) is 0 Å². The molecule has 0 unspecified atom stereocenters. The molecule has 134 valence electrons. The van der Waals surface area contributed by atoms with Gasteiger partial charge in [-0.3, -0.25) is 4.79 Å². The summed E-state index contributed by atoms with van der Waals surface area (Å²) in [6, 6.07) is 20.2. The van der Waals surface area contributed by atoms with Crippen LogP contribution in [0.5, 0.6) is 0 Å². The van der Waals surface area contributed by atoms with Gasteiger partial charge in [0, 0.05) is 5.56 Å². The summed E-state index contributed by atoms with van der Waals surface area (Å²) < 4.78 is 0. The van der Waals surface area contributed by atoms with E-state index in [2.05, 4.69) is 53.3 Å². The summed E-state index contributed by atoms with van der Waals surface area (Å²) in [4.78, 5) is 13.6. The van der Waals surface area contributed by atoms with E-state index in [1.165, 1.54) is 16.0 Å². The molecule has 0 aliphatic carbocycles. The van der Waals surface area contributed by atoms with E-state index >= 15 is 0 Å². The summed E-state index contributed by atoms with van der Waals surface area (Å²) in [6.45, 7) is 2.47. The van der Waals surface area contributed by atoms with Gasteiger partial charge in [-0.05, 0) is 35.6 Å². The zero-order chi connectivity index (χ0) is 18.4. The SMILES string of the molecule is CCc1ccc([C@H]([NH2+]CC(=O)Nc2ccccc2Cl)c2cccs2)cc1. The van der Waals surface area contributed by atoms with Gasteiger partial charge in [0.05, 0.1) is 15.6 Å². The number of nitrogens with one attached hydrogen (secondary N) is 1. The lowest BCUT2D eigenvalue weighted by atomic mass is 10.0. The number of carbonyl (C=O) groups excluding carboxylic acids is 1. The fourth-order valence-electron chi connectivity index (χ4n) is 2.83. The third kappa shape index (κ3) is 4.73. The molecule has 0 aliphatic heterocycles.